The van der Waals surface area contributed by atoms with Gasteiger partial charge in [0.2, 0.25) is 0 Å². The summed E-state index contributed by atoms with van der Waals surface area (Å²) >= 11 is 6.32. The molecule has 4 rings (SSSR count). The van der Waals surface area contributed by atoms with Crippen LogP contribution in [0.25, 0.3) is 0 Å². The van der Waals surface area contributed by atoms with E-state index in [4.69, 9.17) is 16.3 Å². The molecule has 0 aliphatic heterocycles. The quantitative estimate of drug-likeness (QED) is 0.479. The van der Waals surface area contributed by atoms with Gasteiger partial charge in [-0.2, -0.15) is 5.10 Å². The predicted molar refractivity (Wildman–Crippen MR) is 138 cm³/mol. The number of halogens is 1. The Morgan fingerprint density at radius 3 is 2.47 bits per heavy atom. The van der Waals surface area contributed by atoms with Crippen LogP contribution in [-0.2, 0) is 4.74 Å². The molecule has 0 bridgehead atoms. The van der Waals surface area contributed by atoms with Crippen LogP contribution in [0.2, 0.25) is 5.02 Å². The Bertz CT molecular complexity index is 1330. The molecule has 2 amide bonds. The van der Waals surface area contributed by atoms with Gasteiger partial charge in [-0.1, -0.05) is 41.6 Å². The maximum Gasteiger partial charge on any atom is 0.407 e. The summed E-state index contributed by atoms with van der Waals surface area (Å²) < 4.78 is 6.91. The molecule has 0 spiro atoms. The van der Waals surface area contributed by atoms with Gasteiger partial charge < -0.3 is 15.4 Å². The lowest BCUT2D eigenvalue weighted by molar-refractivity contribution is 0.0450. The molecule has 3 aromatic rings. The van der Waals surface area contributed by atoms with Crippen LogP contribution >= 0.6 is 11.6 Å². The summed E-state index contributed by atoms with van der Waals surface area (Å²) in [5, 5.41) is 10.2. The number of carbonyl (C=O) groups excluding carboxylic acids is 2. The second kappa shape index (κ2) is 10.4. The predicted octanol–water partition coefficient (Wildman–Crippen LogP) is 5.12. The van der Waals surface area contributed by atoms with E-state index in [1.165, 1.54) is 6.20 Å². The van der Waals surface area contributed by atoms with Crippen molar-refractivity contribution in [2.75, 3.05) is 5.32 Å². The molecule has 8 nitrogen and oxygen atoms in total. The van der Waals surface area contributed by atoms with Crippen LogP contribution in [0.3, 0.4) is 0 Å². The van der Waals surface area contributed by atoms with E-state index in [2.05, 4.69) is 32.6 Å². The average Bonchev–Trinajstić information content (AvgIpc) is 3.16. The first-order valence-electron chi connectivity index (χ1n) is 11.7. The summed E-state index contributed by atoms with van der Waals surface area (Å²) in [5.41, 5.74) is 2.12. The van der Waals surface area contributed by atoms with Crippen molar-refractivity contribution >= 4 is 29.4 Å². The topological polar surface area (TPSA) is 98.1 Å². The molecule has 0 atom stereocenters. The average molecular weight is 506 g/mol. The molecule has 0 saturated heterocycles. The first kappa shape index (κ1) is 25.3. The zero-order valence-corrected chi connectivity index (χ0v) is 21.4. The first-order chi connectivity index (χ1) is 17.1. The molecule has 1 aliphatic carbocycles. The number of alkyl carbamates (subject to hydrolysis) is 1. The van der Waals surface area contributed by atoms with Crippen LogP contribution < -0.4 is 10.6 Å². The zero-order chi connectivity index (χ0) is 25.9. The van der Waals surface area contributed by atoms with Crippen LogP contribution in [0.5, 0.6) is 0 Å². The molecule has 2 N–H and O–H groups in total. The Labute approximate surface area is 215 Å². The summed E-state index contributed by atoms with van der Waals surface area (Å²) in [6.07, 6.45) is 3.85. The Kier molecular flexibility index (Phi) is 7.32. The van der Waals surface area contributed by atoms with Crippen LogP contribution in [0.4, 0.5) is 10.6 Å². The number of ether oxygens (including phenoxy) is 1. The Morgan fingerprint density at radius 1 is 1.11 bits per heavy atom. The number of rotatable bonds is 4. The van der Waals surface area contributed by atoms with Crippen LogP contribution in [0.1, 0.15) is 66.8 Å². The fraction of sp³-hybridized carbons (Fsp3) is 0.333. The lowest BCUT2D eigenvalue weighted by atomic mass is 9.87. The van der Waals surface area contributed by atoms with Gasteiger partial charge >= 0.3 is 6.09 Å². The number of nitrogens with zero attached hydrogens (tertiary/aromatic N) is 3. The van der Waals surface area contributed by atoms with E-state index >= 15 is 0 Å². The van der Waals surface area contributed by atoms with Crippen LogP contribution in [0, 0.1) is 18.8 Å². The third kappa shape index (κ3) is 6.23. The van der Waals surface area contributed by atoms with E-state index in [1.807, 2.05) is 64.1 Å². The largest absolute Gasteiger partial charge is 0.444 e. The molecular formula is C27H28ClN5O3. The van der Waals surface area contributed by atoms with Gasteiger partial charge in [0.15, 0.2) is 0 Å². The van der Waals surface area contributed by atoms with Crippen molar-refractivity contribution in [3.05, 3.63) is 76.2 Å². The number of anilines is 1. The fourth-order valence-corrected chi connectivity index (χ4v) is 4.03. The summed E-state index contributed by atoms with van der Waals surface area (Å²) in [4.78, 5) is 29.5. The van der Waals surface area contributed by atoms with Crippen molar-refractivity contribution in [1.82, 2.24) is 20.1 Å². The highest BCUT2D eigenvalue weighted by molar-refractivity contribution is 6.34. The van der Waals surface area contributed by atoms with Crippen molar-refractivity contribution in [2.45, 2.75) is 58.2 Å². The highest BCUT2D eigenvalue weighted by atomic mass is 35.5. The minimum Gasteiger partial charge on any atom is -0.444 e. The summed E-state index contributed by atoms with van der Waals surface area (Å²) in [6, 6.07) is 11.4. The van der Waals surface area contributed by atoms with Crippen molar-refractivity contribution in [2.24, 2.45) is 0 Å². The second-order valence-corrected chi connectivity index (χ2v) is 10.1. The molecule has 186 valence electrons. The number of pyridine rings is 1. The first-order valence-corrected chi connectivity index (χ1v) is 12.0. The third-order valence-electron chi connectivity index (χ3n) is 5.58. The van der Waals surface area contributed by atoms with Gasteiger partial charge in [0, 0.05) is 23.4 Å². The number of nitrogens with one attached hydrogen (secondary N) is 2. The normalized spacial score (nSPS) is 16.8. The van der Waals surface area contributed by atoms with Gasteiger partial charge in [-0.25, -0.2) is 9.78 Å². The SMILES string of the molecule is Cc1cc(C#Cc2ccccc2)cnc1NC(=O)c1c(Cl)cnn1[C@H]1C[C@H](NC(=O)OC(C)(C)C)C1. The number of amides is 2. The summed E-state index contributed by atoms with van der Waals surface area (Å²) in [5.74, 6) is 6.21. The van der Waals surface area contributed by atoms with Gasteiger partial charge in [0.05, 0.1) is 17.3 Å². The maximum absolute atomic E-state index is 13.1. The number of benzene rings is 1. The highest BCUT2D eigenvalue weighted by Gasteiger charge is 2.36. The van der Waals surface area contributed by atoms with E-state index in [0.717, 1.165) is 16.7 Å². The summed E-state index contributed by atoms with van der Waals surface area (Å²) in [7, 11) is 0. The van der Waals surface area contributed by atoms with E-state index in [1.54, 1.807) is 10.9 Å². The van der Waals surface area contributed by atoms with Crippen LogP contribution in [-0.4, -0.2) is 38.4 Å². The van der Waals surface area contributed by atoms with E-state index < -0.39 is 17.6 Å². The molecule has 9 heteroatoms. The van der Waals surface area contributed by atoms with E-state index in [-0.39, 0.29) is 22.8 Å². The zero-order valence-electron chi connectivity index (χ0n) is 20.6. The highest BCUT2D eigenvalue weighted by Crippen LogP contribution is 2.35. The fourth-order valence-electron chi connectivity index (χ4n) is 3.82. The minimum absolute atomic E-state index is 0.0582. The van der Waals surface area contributed by atoms with Gasteiger partial charge in [-0.15, -0.1) is 0 Å². The number of aryl methyl sites for hydroxylation is 1. The number of carbonyl (C=O) groups is 2. The molecular weight excluding hydrogens is 478 g/mol. The monoisotopic (exact) mass is 505 g/mol. The van der Waals surface area contributed by atoms with Gasteiger partial charge in [0.25, 0.3) is 5.91 Å². The molecule has 0 unspecified atom stereocenters. The van der Waals surface area contributed by atoms with Crippen molar-refractivity contribution in [3.8, 4) is 11.8 Å². The van der Waals surface area contributed by atoms with Crippen molar-refractivity contribution < 1.29 is 14.3 Å². The number of hydrogen-bond donors (Lipinski definition) is 2. The molecule has 2 aromatic heterocycles. The Balaban J connectivity index is 1.40. The molecule has 1 aromatic carbocycles. The lowest BCUT2D eigenvalue weighted by Crippen LogP contribution is -2.47. The van der Waals surface area contributed by atoms with Crippen LogP contribution in [0.15, 0.2) is 48.8 Å². The second-order valence-electron chi connectivity index (χ2n) is 9.71. The number of aromatic nitrogens is 3. The number of hydrogen-bond acceptors (Lipinski definition) is 5. The maximum atomic E-state index is 13.1. The van der Waals surface area contributed by atoms with E-state index in [9.17, 15) is 9.59 Å². The molecule has 1 saturated carbocycles. The lowest BCUT2D eigenvalue weighted by Gasteiger charge is -2.36. The minimum atomic E-state index is -0.563. The molecule has 1 fully saturated rings. The van der Waals surface area contributed by atoms with Gasteiger partial charge in [-0.05, 0) is 64.3 Å². The summed E-state index contributed by atoms with van der Waals surface area (Å²) in [6.45, 7) is 7.30. The Morgan fingerprint density at radius 2 is 1.81 bits per heavy atom. The van der Waals surface area contributed by atoms with Gasteiger partial charge in [0.1, 0.15) is 17.1 Å². The molecule has 1 aliphatic rings. The molecule has 2 heterocycles. The third-order valence-corrected chi connectivity index (χ3v) is 5.86. The smallest absolute Gasteiger partial charge is 0.407 e. The van der Waals surface area contributed by atoms with Gasteiger partial charge in [-0.3, -0.25) is 9.48 Å². The molecule has 0 radical (unpaired) electrons. The standard InChI is InChI=1S/C27H28ClN5O3/c1-17-12-19(11-10-18-8-6-5-7-9-18)15-29-24(17)32-25(34)23-22(28)16-30-33(23)21-13-20(14-21)31-26(35)36-27(2,3)4/h5-9,12,15-16,20-21H,13-14H2,1-4H3,(H,31,35)(H,29,32,34)/t20-,21-. The van der Waals surface area contributed by atoms with E-state index in [0.29, 0.717) is 18.7 Å². The van der Waals surface area contributed by atoms with Crippen molar-refractivity contribution in [1.29, 1.82) is 0 Å². The van der Waals surface area contributed by atoms with Crippen molar-refractivity contribution in [3.63, 3.8) is 0 Å². The Hall–Kier alpha value is -3.83. The molecule has 36 heavy (non-hydrogen) atoms.